The van der Waals surface area contributed by atoms with Gasteiger partial charge in [-0.25, -0.2) is 0 Å². The van der Waals surface area contributed by atoms with Gasteiger partial charge in [0.15, 0.2) is 0 Å². The molecular weight excluding hydrogens is 511 g/mol. The fourth-order valence-corrected chi connectivity index (χ4v) is 6.77. The van der Waals surface area contributed by atoms with Gasteiger partial charge in [-0.2, -0.15) is 0 Å². The van der Waals surface area contributed by atoms with Crippen LogP contribution in [0.15, 0.2) is 140 Å². The molecule has 0 saturated carbocycles. The van der Waals surface area contributed by atoms with Crippen LogP contribution in [0.1, 0.15) is 11.1 Å². The highest BCUT2D eigenvalue weighted by Crippen LogP contribution is 2.43. The predicted molar refractivity (Wildman–Crippen MR) is 176 cm³/mol. The summed E-state index contributed by atoms with van der Waals surface area (Å²) in [5, 5.41) is 0. The molecule has 0 unspecified atom stereocenters. The van der Waals surface area contributed by atoms with Crippen LogP contribution in [0.4, 0.5) is 34.1 Å². The predicted octanol–water partition coefficient (Wildman–Crippen LogP) is 8.18. The molecule has 0 bridgehead atoms. The lowest BCUT2D eigenvalue weighted by Crippen LogP contribution is -2.60. The summed E-state index contributed by atoms with van der Waals surface area (Å²) < 4.78 is 6.63. The van der Waals surface area contributed by atoms with Crippen LogP contribution < -0.4 is 30.9 Å². The van der Waals surface area contributed by atoms with E-state index >= 15 is 0 Å². The minimum atomic E-state index is 0.0754. The van der Waals surface area contributed by atoms with E-state index in [0.29, 0.717) is 0 Å². The van der Waals surface area contributed by atoms with E-state index in [2.05, 4.69) is 163 Å². The van der Waals surface area contributed by atoms with Gasteiger partial charge in [0, 0.05) is 34.1 Å². The first kappa shape index (κ1) is 24.6. The molecule has 6 aromatic carbocycles. The Morgan fingerprint density at radius 1 is 0.548 bits per heavy atom. The molecule has 2 heterocycles. The highest BCUT2D eigenvalue weighted by molar-refractivity contribution is 6.99. The zero-order chi connectivity index (χ0) is 28.2. The molecule has 4 heteroatoms. The topological polar surface area (TPSA) is 15.7 Å². The van der Waals surface area contributed by atoms with Gasteiger partial charge in [0.05, 0.1) is 0 Å². The van der Waals surface area contributed by atoms with E-state index in [4.69, 9.17) is 4.74 Å². The molecule has 42 heavy (non-hydrogen) atoms. The zero-order valence-electron chi connectivity index (χ0n) is 23.7. The molecule has 8 rings (SSSR count). The maximum atomic E-state index is 6.63. The van der Waals surface area contributed by atoms with E-state index in [-0.39, 0.29) is 6.71 Å². The van der Waals surface area contributed by atoms with Crippen molar-refractivity contribution in [3.05, 3.63) is 151 Å². The first-order valence-electron chi connectivity index (χ1n) is 14.5. The van der Waals surface area contributed by atoms with Crippen molar-refractivity contribution in [3.8, 4) is 11.5 Å². The summed E-state index contributed by atoms with van der Waals surface area (Å²) in [5.41, 5.74) is 13.0. The van der Waals surface area contributed by atoms with E-state index in [1.54, 1.807) is 0 Å². The third-order valence-corrected chi connectivity index (χ3v) is 8.44. The smallest absolute Gasteiger partial charge is 0.256 e. The van der Waals surface area contributed by atoms with Crippen molar-refractivity contribution in [2.45, 2.75) is 13.8 Å². The van der Waals surface area contributed by atoms with Gasteiger partial charge in [-0.1, -0.05) is 78.4 Å². The summed E-state index contributed by atoms with van der Waals surface area (Å²) in [6.07, 6.45) is 0. The highest BCUT2D eigenvalue weighted by Gasteiger charge is 2.42. The average molecular weight is 540 g/mol. The molecule has 0 radical (unpaired) electrons. The minimum absolute atomic E-state index is 0.0754. The Bertz CT molecular complexity index is 1900. The third-order valence-electron chi connectivity index (χ3n) is 8.44. The summed E-state index contributed by atoms with van der Waals surface area (Å²) in [6.45, 7) is 4.43. The molecule has 6 aromatic rings. The number of hydrogen-bond acceptors (Lipinski definition) is 3. The Kier molecular flexibility index (Phi) is 5.68. The normalized spacial score (nSPS) is 12.6. The Labute approximate surface area is 247 Å². The first-order valence-corrected chi connectivity index (χ1v) is 14.5. The van der Waals surface area contributed by atoms with Gasteiger partial charge in [0.1, 0.15) is 11.5 Å². The van der Waals surface area contributed by atoms with Crippen molar-refractivity contribution in [2.75, 3.05) is 9.80 Å². The molecule has 0 spiro atoms. The van der Waals surface area contributed by atoms with Crippen LogP contribution in [0.5, 0.6) is 11.5 Å². The van der Waals surface area contributed by atoms with Gasteiger partial charge in [-0.3, -0.25) is 0 Å². The van der Waals surface area contributed by atoms with E-state index in [9.17, 15) is 0 Å². The monoisotopic (exact) mass is 540 g/mol. The number of rotatable bonds is 4. The van der Waals surface area contributed by atoms with Crippen molar-refractivity contribution in [1.82, 2.24) is 0 Å². The lowest BCUT2D eigenvalue weighted by molar-refractivity contribution is 0.487. The molecule has 0 saturated heterocycles. The highest BCUT2D eigenvalue weighted by atomic mass is 16.5. The summed E-state index contributed by atoms with van der Waals surface area (Å²) >= 11 is 0. The summed E-state index contributed by atoms with van der Waals surface area (Å²) in [5.74, 6) is 1.89. The summed E-state index contributed by atoms with van der Waals surface area (Å²) in [6, 6.07) is 49.8. The molecular formula is C38H29BN2O. The van der Waals surface area contributed by atoms with Gasteiger partial charge in [-0.15, -0.1) is 0 Å². The molecule has 0 aliphatic carbocycles. The molecule has 2 aliphatic heterocycles. The van der Waals surface area contributed by atoms with E-state index in [0.717, 1.165) is 39.9 Å². The number of nitrogens with zero attached hydrogens (tertiary/aromatic N) is 2. The minimum Gasteiger partial charge on any atom is -0.458 e. The number of fused-ring (bicyclic) bond motifs is 4. The number of hydrogen-bond donors (Lipinski definition) is 0. The second-order valence-electron chi connectivity index (χ2n) is 11.1. The maximum Gasteiger partial charge on any atom is 0.256 e. The van der Waals surface area contributed by atoms with Crippen molar-refractivity contribution in [3.63, 3.8) is 0 Å². The van der Waals surface area contributed by atoms with Crippen LogP contribution in [0.2, 0.25) is 0 Å². The summed E-state index contributed by atoms with van der Waals surface area (Å²) in [7, 11) is 0. The molecule has 0 N–H and O–H groups in total. The van der Waals surface area contributed by atoms with Crippen LogP contribution in [-0.2, 0) is 0 Å². The number of anilines is 6. The molecule has 0 aromatic heterocycles. The van der Waals surface area contributed by atoms with E-state index < -0.39 is 0 Å². The zero-order valence-corrected chi connectivity index (χ0v) is 23.7. The van der Waals surface area contributed by atoms with Crippen LogP contribution in [-0.4, -0.2) is 6.71 Å². The number of ether oxygens (including phenoxy) is 1. The second-order valence-corrected chi connectivity index (χ2v) is 11.1. The van der Waals surface area contributed by atoms with Crippen molar-refractivity contribution >= 4 is 57.2 Å². The molecule has 2 aliphatic rings. The van der Waals surface area contributed by atoms with Gasteiger partial charge in [0.25, 0.3) is 6.71 Å². The van der Waals surface area contributed by atoms with Crippen LogP contribution in [0, 0.1) is 13.8 Å². The van der Waals surface area contributed by atoms with Crippen molar-refractivity contribution in [2.24, 2.45) is 0 Å². The molecule has 3 nitrogen and oxygen atoms in total. The largest absolute Gasteiger partial charge is 0.458 e. The van der Waals surface area contributed by atoms with Gasteiger partial charge in [-0.05, 0) is 103 Å². The molecule has 0 fully saturated rings. The molecule has 0 amide bonds. The Morgan fingerprint density at radius 2 is 1.21 bits per heavy atom. The Hall–Kier alpha value is -5.22. The summed E-state index contributed by atoms with van der Waals surface area (Å²) in [4.78, 5) is 4.74. The van der Waals surface area contributed by atoms with Crippen LogP contribution >= 0.6 is 0 Å². The number of benzene rings is 6. The average Bonchev–Trinajstić information content (AvgIpc) is 3.02. The number of aryl methyl sites for hydroxylation is 2. The second kappa shape index (κ2) is 9.71. The third kappa shape index (κ3) is 3.83. The molecule has 200 valence electrons. The van der Waals surface area contributed by atoms with E-state index in [1.165, 1.54) is 33.2 Å². The quantitative estimate of drug-likeness (QED) is 0.210. The lowest BCUT2D eigenvalue weighted by Gasteiger charge is -2.41. The van der Waals surface area contributed by atoms with Gasteiger partial charge < -0.3 is 14.5 Å². The first-order chi connectivity index (χ1) is 20.7. The van der Waals surface area contributed by atoms with Crippen molar-refractivity contribution in [1.29, 1.82) is 0 Å². The van der Waals surface area contributed by atoms with E-state index in [1.807, 2.05) is 0 Å². The SMILES string of the molecule is Cc1cc(C)c2c(c1)Oc1cccc3c1B2c1ccc(N(c2ccccc2)c2ccccc2)cc1N3c1ccccc1. The Balaban J connectivity index is 1.41. The van der Waals surface area contributed by atoms with Crippen LogP contribution in [0.3, 0.4) is 0 Å². The molecule has 0 atom stereocenters. The fraction of sp³-hybridized carbons (Fsp3) is 0.0526. The standard InChI is InChI=1S/C38H29BN2O/c1-26-23-27(2)37-36(24-26)42-35-20-12-19-33-38(35)39(37)32-22-21-31(25-34(32)41(33)30-17-10-5-11-18-30)40(28-13-6-3-7-14-28)29-15-8-4-9-16-29/h3-25H,1-2H3. The maximum absolute atomic E-state index is 6.63. The van der Waals surface area contributed by atoms with Crippen LogP contribution in [0.25, 0.3) is 0 Å². The van der Waals surface area contributed by atoms with Gasteiger partial charge in [0.2, 0.25) is 0 Å². The lowest BCUT2D eigenvalue weighted by atomic mass is 9.33. The number of para-hydroxylation sites is 3. The fourth-order valence-electron chi connectivity index (χ4n) is 6.77. The Morgan fingerprint density at radius 3 is 1.90 bits per heavy atom. The van der Waals surface area contributed by atoms with Crippen molar-refractivity contribution < 1.29 is 4.74 Å². The van der Waals surface area contributed by atoms with Gasteiger partial charge >= 0.3 is 0 Å².